The molecule has 0 aromatic carbocycles. The Hall–Kier alpha value is -3.15. The molecule has 0 bridgehead atoms. The van der Waals surface area contributed by atoms with Crippen LogP contribution in [-0.2, 0) is 6.18 Å². The Balaban J connectivity index is 1.38. The van der Waals surface area contributed by atoms with Gasteiger partial charge in [-0.1, -0.05) is 0 Å². The predicted octanol–water partition coefficient (Wildman–Crippen LogP) is 2.63. The number of fused-ring (bicyclic) bond motifs is 3. The summed E-state index contributed by atoms with van der Waals surface area (Å²) in [6.45, 7) is 1.09. The molecule has 12 heteroatoms. The summed E-state index contributed by atoms with van der Waals surface area (Å²) in [4.78, 5) is 18.4. The van der Waals surface area contributed by atoms with E-state index in [4.69, 9.17) is 5.73 Å². The zero-order chi connectivity index (χ0) is 19.5. The van der Waals surface area contributed by atoms with Gasteiger partial charge in [-0.25, -0.2) is 19.9 Å². The third-order valence-corrected chi connectivity index (χ3v) is 5.71. The van der Waals surface area contributed by atoms with Gasteiger partial charge in [0, 0.05) is 36.8 Å². The number of nitrogen functional groups attached to an aromatic ring is 1. The first-order valence-electron chi connectivity index (χ1n) is 8.20. The Bertz CT molecular complexity index is 1180. The van der Waals surface area contributed by atoms with Crippen molar-refractivity contribution in [2.24, 2.45) is 0 Å². The molecule has 0 saturated carbocycles. The Morgan fingerprint density at radius 3 is 2.54 bits per heavy atom. The number of nitrogens with two attached hydrogens (primary N) is 1. The topological polar surface area (TPSA) is 107 Å². The summed E-state index contributed by atoms with van der Waals surface area (Å²) in [5.41, 5.74) is 6.56. The quantitative estimate of drug-likeness (QED) is 0.543. The van der Waals surface area contributed by atoms with Gasteiger partial charge < -0.3 is 10.6 Å². The number of alkyl halides is 3. The lowest BCUT2D eigenvalue weighted by molar-refractivity contribution is -0.138. The summed E-state index contributed by atoms with van der Waals surface area (Å²) in [5.74, 6) is 0.750. The SMILES string of the molecule is Nc1ncnc2c1sc1nnc(C3CN(c4ncc(C(F)(F)F)cn4)C3)cc12. The van der Waals surface area contributed by atoms with Crippen LogP contribution in [0.5, 0.6) is 0 Å². The van der Waals surface area contributed by atoms with Crippen molar-refractivity contribution >= 4 is 43.5 Å². The Morgan fingerprint density at radius 1 is 1.07 bits per heavy atom. The van der Waals surface area contributed by atoms with Crippen molar-refractivity contribution < 1.29 is 13.2 Å². The molecule has 28 heavy (non-hydrogen) atoms. The molecular weight excluding hydrogens is 393 g/mol. The predicted molar refractivity (Wildman–Crippen MR) is 96.9 cm³/mol. The van der Waals surface area contributed by atoms with Gasteiger partial charge in [-0.15, -0.1) is 16.4 Å². The van der Waals surface area contributed by atoms with Gasteiger partial charge in [-0.3, -0.25) is 0 Å². The molecule has 1 aliphatic heterocycles. The number of aromatic nitrogens is 6. The second-order valence-corrected chi connectivity index (χ2v) is 7.40. The van der Waals surface area contributed by atoms with Gasteiger partial charge in [0.05, 0.1) is 21.5 Å². The summed E-state index contributed by atoms with van der Waals surface area (Å²) in [7, 11) is 0. The van der Waals surface area contributed by atoms with E-state index in [-0.39, 0.29) is 11.9 Å². The van der Waals surface area contributed by atoms with Crippen LogP contribution < -0.4 is 10.6 Å². The van der Waals surface area contributed by atoms with Crippen molar-refractivity contribution in [1.29, 1.82) is 0 Å². The molecule has 0 unspecified atom stereocenters. The standard InChI is InChI=1S/C16H11F3N8S/c17-16(18,19)8-2-21-15(22-3-8)27-4-7(5-27)10-1-9-11-12(13(20)24-6-23-11)28-14(9)26-25-10/h1-3,6-7H,4-5H2,(H2,20,23,24). The van der Waals surface area contributed by atoms with E-state index in [1.54, 1.807) is 4.90 Å². The van der Waals surface area contributed by atoms with Crippen LogP contribution in [0.1, 0.15) is 17.2 Å². The average molecular weight is 404 g/mol. The number of hydrogen-bond acceptors (Lipinski definition) is 9. The van der Waals surface area contributed by atoms with Crippen LogP contribution in [0.15, 0.2) is 24.8 Å². The number of halogens is 3. The maximum absolute atomic E-state index is 12.6. The number of rotatable bonds is 2. The van der Waals surface area contributed by atoms with Gasteiger partial charge in [-0.05, 0) is 6.07 Å². The molecule has 5 rings (SSSR count). The molecule has 1 saturated heterocycles. The minimum Gasteiger partial charge on any atom is -0.382 e. The van der Waals surface area contributed by atoms with E-state index in [0.29, 0.717) is 18.9 Å². The molecule has 2 N–H and O–H groups in total. The Kier molecular flexibility index (Phi) is 3.59. The molecule has 142 valence electrons. The number of anilines is 2. The molecule has 4 aromatic rings. The summed E-state index contributed by atoms with van der Waals surface area (Å²) < 4.78 is 38.6. The summed E-state index contributed by atoms with van der Waals surface area (Å²) in [5, 5.41) is 9.42. The third kappa shape index (κ3) is 2.68. The van der Waals surface area contributed by atoms with Crippen molar-refractivity contribution in [2.75, 3.05) is 23.7 Å². The van der Waals surface area contributed by atoms with E-state index in [2.05, 4.69) is 30.1 Å². The van der Waals surface area contributed by atoms with Gasteiger partial charge in [0.15, 0.2) is 0 Å². The fourth-order valence-electron chi connectivity index (χ4n) is 3.08. The highest BCUT2D eigenvalue weighted by molar-refractivity contribution is 7.25. The molecule has 0 atom stereocenters. The van der Waals surface area contributed by atoms with Gasteiger partial charge in [0.1, 0.15) is 17.0 Å². The van der Waals surface area contributed by atoms with E-state index in [1.807, 2.05) is 6.07 Å². The summed E-state index contributed by atoms with van der Waals surface area (Å²) >= 11 is 1.39. The highest BCUT2D eigenvalue weighted by Crippen LogP contribution is 2.36. The van der Waals surface area contributed by atoms with Crippen LogP contribution in [0.4, 0.5) is 24.9 Å². The van der Waals surface area contributed by atoms with Gasteiger partial charge in [0.25, 0.3) is 0 Å². The van der Waals surface area contributed by atoms with E-state index in [1.165, 1.54) is 17.7 Å². The Labute approximate surface area is 159 Å². The first kappa shape index (κ1) is 17.0. The smallest absolute Gasteiger partial charge is 0.382 e. The van der Waals surface area contributed by atoms with Crippen LogP contribution in [0.3, 0.4) is 0 Å². The maximum atomic E-state index is 12.6. The highest BCUT2D eigenvalue weighted by atomic mass is 32.1. The average Bonchev–Trinajstić information content (AvgIpc) is 3.00. The van der Waals surface area contributed by atoms with Crippen molar-refractivity contribution in [3.05, 3.63) is 36.0 Å². The van der Waals surface area contributed by atoms with E-state index in [0.717, 1.165) is 38.5 Å². The number of hydrogen-bond donors (Lipinski definition) is 1. The van der Waals surface area contributed by atoms with E-state index < -0.39 is 11.7 Å². The minimum atomic E-state index is -4.45. The molecule has 0 spiro atoms. The van der Waals surface area contributed by atoms with E-state index >= 15 is 0 Å². The molecule has 0 amide bonds. The lowest BCUT2D eigenvalue weighted by Crippen LogP contribution is -2.46. The van der Waals surface area contributed by atoms with Gasteiger partial charge in [-0.2, -0.15) is 18.3 Å². The van der Waals surface area contributed by atoms with Crippen LogP contribution in [0.2, 0.25) is 0 Å². The fourth-order valence-corrected chi connectivity index (χ4v) is 4.03. The molecule has 4 aromatic heterocycles. The van der Waals surface area contributed by atoms with Crippen molar-refractivity contribution in [3.63, 3.8) is 0 Å². The molecule has 5 heterocycles. The molecule has 1 aliphatic rings. The zero-order valence-electron chi connectivity index (χ0n) is 14.1. The van der Waals surface area contributed by atoms with Gasteiger partial charge in [0.2, 0.25) is 5.95 Å². The Morgan fingerprint density at radius 2 is 1.82 bits per heavy atom. The van der Waals surface area contributed by atoms with E-state index in [9.17, 15) is 13.2 Å². The van der Waals surface area contributed by atoms with Crippen LogP contribution in [0.25, 0.3) is 20.4 Å². The first-order chi connectivity index (χ1) is 13.4. The summed E-state index contributed by atoms with van der Waals surface area (Å²) in [6, 6.07) is 1.93. The molecule has 8 nitrogen and oxygen atoms in total. The summed E-state index contributed by atoms with van der Waals surface area (Å²) in [6.07, 6.45) is -1.44. The number of nitrogens with zero attached hydrogens (tertiary/aromatic N) is 7. The maximum Gasteiger partial charge on any atom is 0.419 e. The van der Waals surface area contributed by atoms with Gasteiger partial charge >= 0.3 is 6.18 Å². The minimum absolute atomic E-state index is 0.0805. The van der Waals surface area contributed by atoms with Crippen molar-refractivity contribution in [1.82, 2.24) is 30.1 Å². The van der Waals surface area contributed by atoms with Crippen molar-refractivity contribution in [3.8, 4) is 0 Å². The lowest BCUT2D eigenvalue weighted by Gasteiger charge is -2.38. The van der Waals surface area contributed by atoms with Crippen LogP contribution in [-0.4, -0.2) is 43.2 Å². The number of thiophene rings is 1. The fraction of sp³-hybridized carbons (Fsp3) is 0.250. The molecule has 0 aliphatic carbocycles. The first-order valence-corrected chi connectivity index (χ1v) is 9.02. The molecule has 1 fully saturated rings. The molecule has 0 radical (unpaired) electrons. The zero-order valence-corrected chi connectivity index (χ0v) is 14.9. The highest BCUT2D eigenvalue weighted by Gasteiger charge is 2.34. The van der Waals surface area contributed by atoms with Crippen LogP contribution >= 0.6 is 11.3 Å². The van der Waals surface area contributed by atoms with Crippen molar-refractivity contribution in [2.45, 2.75) is 12.1 Å². The molecular formula is C16H11F3N8S. The lowest BCUT2D eigenvalue weighted by atomic mass is 9.96. The monoisotopic (exact) mass is 404 g/mol. The second kappa shape index (κ2) is 5.92. The third-order valence-electron chi connectivity index (χ3n) is 4.61. The normalized spacial score (nSPS) is 15.3. The van der Waals surface area contributed by atoms with Crippen LogP contribution in [0, 0.1) is 0 Å². The largest absolute Gasteiger partial charge is 0.419 e. The second-order valence-electron chi connectivity index (χ2n) is 6.40.